The van der Waals surface area contributed by atoms with E-state index in [4.69, 9.17) is 0 Å². The average Bonchev–Trinajstić information content (AvgIpc) is 2.77. The van der Waals surface area contributed by atoms with Crippen LogP contribution < -0.4 is 0 Å². The molecule has 1 aliphatic heterocycles. The van der Waals surface area contributed by atoms with Crippen LogP contribution in [0.15, 0.2) is 5.38 Å². The van der Waals surface area contributed by atoms with Crippen LogP contribution in [-0.4, -0.2) is 47.0 Å². The zero-order chi connectivity index (χ0) is 12.3. The van der Waals surface area contributed by atoms with E-state index >= 15 is 0 Å². The van der Waals surface area contributed by atoms with Gasteiger partial charge in [0.2, 0.25) is 0 Å². The molecule has 1 fully saturated rings. The molecule has 1 saturated heterocycles. The van der Waals surface area contributed by atoms with Crippen LogP contribution >= 0.6 is 11.3 Å². The fraction of sp³-hybridized carbons (Fsp3) is 0.769. The van der Waals surface area contributed by atoms with Crippen molar-refractivity contribution >= 4 is 11.3 Å². The van der Waals surface area contributed by atoms with Gasteiger partial charge in [-0.05, 0) is 20.3 Å². The molecule has 3 nitrogen and oxygen atoms in total. The Morgan fingerprint density at radius 3 is 2.53 bits per heavy atom. The predicted molar refractivity (Wildman–Crippen MR) is 73.5 cm³/mol. The van der Waals surface area contributed by atoms with Crippen molar-refractivity contribution < 1.29 is 0 Å². The second-order valence-electron chi connectivity index (χ2n) is 4.99. The van der Waals surface area contributed by atoms with Crippen LogP contribution in [-0.2, 0) is 13.0 Å². The molecule has 4 heteroatoms. The molecule has 0 spiro atoms. The molecule has 1 aromatic rings. The molecule has 2 heterocycles. The van der Waals surface area contributed by atoms with Gasteiger partial charge in [-0.15, -0.1) is 11.3 Å². The van der Waals surface area contributed by atoms with E-state index in [2.05, 4.69) is 40.9 Å². The van der Waals surface area contributed by atoms with Crippen LogP contribution in [0.5, 0.6) is 0 Å². The molecule has 0 N–H and O–H groups in total. The van der Waals surface area contributed by atoms with Gasteiger partial charge in [0.15, 0.2) is 0 Å². The molecule has 96 valence electrons. The zero-order valence-corrected chi connectivity index (χ0v) is 12.0. The van der Waals surface area contributed by atoms with E-state index in [0.29, 0.717) is 6.04 Å². The minimum absolute atomic E-state index is 0.683. The van der Waals surface area contributed by atoms with Crippen LogP contribution in [0.1, 0.15) is 31.5 Å². The fourth-order valence-electron chi connectivity index (χ4n) is 2.25. The molecule has 0 atom stereocenters. The third-order valence-electron chi connectivity index (χ3n) is 3.42. The summed E-state index contributed by atoms with van der Waals surface area (Å²) in [6, 6.07) is 0.683. The van der Waals surface area contributed by atoms with Crippen molar-refractivity contribution in [3.63, 3.8) is 0 Å². The van der Waals surface area contributed by atoms with Gasteiger partial charge in [-0.2, -0.15) is 0 Å². The quantitative estimate of drug-likeness (QED) is 0.820. The van der Waals surface area contributed by atoms with Crippen molar-refractivity contribution in [3.8, 4) is 0 Å². The van der Waals surface area contributed by atoms with Crippen LogP contribution in [0.3, 0.4) is 0 Å². The molecule has 0 unspecified atom stereocenters. The highest BCUT2D eigenvalue weighted by Crippen LogP contribution is 2.14. The molecule has 1 aliphatic rings. The van der Waals surface area contributed by atoms with Gasteiger partial charge in [-0.25, -0.2) is 4.98 Å². The Morgan fingerprint density at radius 2 is 2.00 bits per heavy atom. The normalized spacial score (nSPS) is 19.1. The molecule has 0 aliphatic carbocycles. The summed E-state index contributed by atoms with van der Waals surface area (Å²) in [4.78, 5) is 9.71. The summed E-state index contributed by atoms with van der Waals surface area (Å²) in [7, 11) is 0. The van der Waals surface area contributed by atoms with Gasteiger partial charge in [-0.3, -0.25) is 9.80 Å². The Labute approximate surface area is 108 Å². The highest BCUT2D eigenvalue weighted by Gasteiger charge is 2.19. The van der Waals surface area contributed by atoms with Crippen molar-refractivity contribution in [3.05, 3.63) is 16.1 Å². The van der Waals surface area contributed by atoms with Crippen molar-refractivity contribution in [1.29, 1.82) is 0 Å². The van der Waals surface area contributed by atoms with Crippen LogP contribution in [0.25, 0.3) is 0 Å². The Morgan fingerprint density at radius 1 is 1.29 bits per heavy atom. The number of hydrogen-bond acceptors (Lipinski definition) is 4. The van der Waals surface area contributed by atoms with Gasteiger partial charge < -0.3 is 0 Å². The maximum absolute atomic E-state index is 4.64. The average molecular weight is 253 g/mol. The summed E-state index contributed by atoms with van der Waals surface area (Å²) < 4.78 is 0. The monoisotopic (exact) mass is 253 g/mol. The van der Waals surface area contributed by atoms with Crippen LogP contribution in [0, 0.1) is 0 Å². The lowest BCUT2D eigenvalue weighted by Gasteiger charge is -2.36. The van der Waals surface area contributed by atoms with Gasteiger partial charge in [0.05, 0.1) is 10.7 Å². The molecule has 0 radical (unpaired) electrons. The molecular formula is C13H23N3S. The lowest BCUT2D eigenvalue weighted by Crippen LogP contribution is -2.48. The summed E-state index contributed by atoms with van der Waals surface area (Å²) in [5.74, 6) is 0. The largest absolute Gasteiger partial charge is 0.298 e. The fourth-order valence-corrected chi connectivity index (χ4v) is 2.99. The molecule has 0 saturated carbocycles. The minimum atomic E-state index is 0.683. The first-order valence-corrected chi connectivity index (χ1v) is 7.46. The molecule has 1 aromatic heterocycles. The van der Waals surface area contributed by atoms with E-state index in [1.54, 1.807) is 11.3 Å². The molecular weight excluding hydrogens is 230 g/mol. The maximum Gasteiger partial charge on any atom is 0.0926 e. The number of hydrogen-bond donors (Lipinski definition) is 0. The number of rotatable bonds is 4. The number of piperazine rings is 1. The first-order valence-electron chi connectivity index (χ1n) is 6.58. The lowest BCUT2D eigenvalue weighted by atomic mass is 10.2. The number of aryl methyl sites for hydroxylation is 1. The van der Waals surface area contributed by atoms with Crippen molar-refractivity contribution in [2.24, 2.45) is 0 Å². The summed E-state index contributed by atoms with van der Waals surface area (Å²) in [6.07, 6.45) is 1.06. The zero-order valence-electron chi connectivity index (χ0n) is 11.1. The highest BCUT2D eigenvalue weighted by molar-refractivity contribution is 7.09. The standard InChI is InChI=1S/C13H23N3S/c1-4-13-14-12(10-17-13)9-15-5-7-16(8-6-15)11(2)3/h10-11H,4-9H2,1-3H3. The van der Waals surface area contributed by atoms with Gasteiger partial charge in [-0.1, -0.05) is 6.92 Å². The van der Waals surface area contributed by atoms with E-state index in [1.807, 2.05) is 0 Å². The van der Waals surface area contributed by atoms with E-state index in [0.717, 1.165) is 13.0 Å². The predicted octanol–water partition coefficient (Wildman–Crippen LogP) is 2.23. The molecule has 0 bridgehead atoms. The topological polar surface area (TPSA) is 19.4 Å². The Hall–Kier alpha value is -0.450. The summed E-state index contributed by atoms with van der Waals surface area (Å²) in [5.41, 5.74) is 1.25. The van der Waals surface area contributed by atoms with E-state index in [9.17, 15) is 0 Å². The van der Waals surface area contributed by atoms with Gasteiger partial charge in [0.25, 0.3) is 0 Å². The van der Waals surface area contributed by atoms with Crippen LogP contribution in [0.4, 0.5) is 0 Å². The molecule has 17 heavy (non-hydrogen) atoms. The third kappa shape index (κ3) is 3.50. The third-order valence-corrected chi connectivity index (χ3v) is 4.47. The molecule has 0 aromatic carbocycles. The first kappa shape index (κ1) is 13.0. The number of nitrogens with zero attached hydrogens (tertiary/aromatic N) is 3. The van der Waals surface area contributed by atoms with Gasteiger partial charge in [0, 0.05) is 44.1 Å². The number of aromatic nitrogens is 1. The minimum Gasteiger partial charge on any atom is -0.298 e. The van der Waals surface area contributed by atoms with Crippen molar-refractivity contribution in [1.82, 2.24) is 14.8 Å². The first-order chi connectivity index (χ1) is 8.19. The summed E-state index contributed by atoms with van der Waals surface area (Å²) >= 11 is 1.80. The molecule has 2 rings (SSSR count). The summed E-state index contributed by atoms with van der Waals surface area (Å²) in [6.45, 7) is 12.5. The van der Waals surface area contributed by atoms with E-state index in [-0.39, 0.29) is 0 Å². The van der Waals surface area contributed by atoms with E-state index < -0.39 is 0 Å². The Balaban J connectivity index is 1.81. The molecule has 0 amide bonds. The van der Waals surface area contributed by atoms with Crippen LogP contribution in [0.2, 0.25) is 0 Å². The lowest BCUT2D eigenvalue weighted by molar-refractivity contribution is 0.103. The smallest absolute Gasteiger partial charge is 0.0926 e. The second-order valence-corrected chi connectivity index (χ2v) is 5.93. The Kier molecular flexibility index (Phi) is 4.54. The SMILES string of the molecule is CCc1nc(CN2CCN(C(C)C)CC2)cs1. The maximum atomic E-state index is 4.64. The second kappa shape index (κ2) is 5.94. The Bertz CT molecular complexity index is 340. The highest BCUT2D eigenvalue weighted by atomic mass is 32.1. The van der Waals surface area contributed by atoms with Crippen molar-refractivity contribution in [2.75, 3.05) is 26.2 Å². The van der Waals surface area contributed by atoms with E-state index in [1.165, 1.54) is 36.9 Å². The van der Waals surface area contributed by atoms with Crippen molar-refractivity contribution in [2.45, 2.75) is 39.8 Å². The van der Waals surface area contributed by atoms with Gasteiger partial charge >= 0.3 is 0 Å². The number of thiazole rings is 1. The summed E-state index contributed by atoms with van der Waals surface area (Å²) in [5, 5.41) is 3.48. The van der Waals surface area contributed by atoms with Gasteiger partial charge in [0.1, 0.15) is 0 Å².